The summed E-state index contributed by atoms with van der Waals surface area (Å²) in [6.07, 6.45) is 0.982. The fourth-order valence-electron chi connectivity index (χ4n) is 2.66. The summed E-state index contributed by atoms with van der Waals surface area (Å²) >= 11 is 1.62. The molecule has 4 nitrogen and oxygen atoms in total. The minimum Gasteiger partial charge on any atom is -0.361 e. The Labute approximate surface area is 158 Å². The Morgan fingerprint density at radius 1 is 1.12 bits per heavy atom. The molecule has 3 aromatic rings. The second kappa shape index (κ2) is 8.23. The number of benzene rings is 2. The molecule has 0 unspecified atom stereocenters. The van der Waals surface area contributed by atoms with E-state index in [9.17, 15) is 4.79 Å². The van der Waals surface area contributed by atoms with E-state index >= 15 is 0 Å². The number of aryl methyl sites for hydroxylation is 3. The first kappa shape index (κ1) is 18.3. The Morgan fingerprint density at radius 3 is 2.50 bits per heavy atom. The highest BCUT2D eigenvalue weighted by atomic mass is 32.2. The number of rotatable bonds is 6. The Kier molecular flexibility index (Phi) is 5.78. The fourth-order valence-corrected chi connectivity index (χ4v) is 3.86. The molecule has 3 rings (SSSR count). The van der Waals surface area contributed by atoms with Crippen LogP contribution in [0.25, 0.3) is 0 Å². The predicted octanol–water partition coefficient (Wildman–Crippen LogP) is 5.40. The average Bonchev–Trinajstić information content (AvgIpc) is 2.98. The maximum Gasteiger partial charge on any atom is 0.256 e. The van der Waals surface area contributed by atoms with Gasteiger partial charge in [-0.15, -0.1) is 11.8 Å². The van der Waals surface area contributed by atoms with Crippen LogP contribution in [0.4, 0.5) is 5.69 Å². The van der Waals surface area contributed by atoms with Crippen LogP contribution >= 0.6 is 11.8 Å². The van der Waals surface area contributed by atoms with E-state index in [4.69, 9.17) is 4.52 Å². The molecule has 0 atom stereocenters. The maximum atomic E-state index is 12.7. The van der Waals surface area contributed by atoms with E-state index in [1.165, 1.54) is 5.56 Å². The van der Waals surface area contributed by atoms with Gasteiger partial charge in [0.15, 0.2) is 0 Å². The zero-order valence-electron chi connectivity index (χ0n) is 15.2. The summed E-state index contributed by atoms with van der Waals surface area (Å²) in [4.78, 5) is 13.7. The molecule has 0 bridgehead atoms. The second-order valence-corrected chi connectivity index (χ2v) is 7.11. The van der Waals surface area contributed by atoms with Crippen molar-refractivity contribution in [3.8, 4) is 0 Å². The Bertz CT molecular complexity index is 881. The van der Waals surface area contributed by atoms with Crippen molar-refractivity contribution in [3.63, 3.8) is 0 Å². The second-order valence-electron chi connectivity index (χ2n) is 6.09. The third-order valence-electron chi connectivity index (χ3n) is 4.30. The van der Waals surface area contributed by atoms with Crippen molar-refractivity contribution in [3.05, 3.63) is 76.7 Å². The van der Waals surface area contributed by atoms with Crippen molar-refractivity contribution in [2.75, 3.05) is 5.32 Å². The van der Waals surface area contributed by atoms with Crippen molar-refractivity contribution in [1.82, 2.24) is 5.16 Å². The van der Waals surface area contributed by atoms with Crippen molar-refractivity contribution >= 4 is 23.4 Å². The van der Waals surface area contributed by atoms with Gasteiger partial charge >= 0.3 is 0 Å². The average molecular weight is 366 g/mol. The molecule has 0 fully saturated rings. The van der Waals surface area contributed by atoms with Crippen molar-refractivity contribution in [2.24, 2.45) is 0 Å². The minimum absolute atomic E-state index is 0.101. The van der Waals surface area contributed by atoms with E-state index in [1.54, 1.807) is 11.8 Å². The van der Waals surface area contributed by atoms with Crippen LogP contribution in [-0.4, -0.2) is 11.1 Å². The molecule has 0 aliphatic heterocycles. The third kappa shape index (κ3) is 4.17. The standard InChI is InChI=1S/C21H22N2O2S/c1-4-16-9-11-17(12-10-16)22-21(24)18-7-5-6-8-20(18)26-13-19-14(2)23-25-15(19)3/h5-12H,4,13H2,1-3H3,(H,22,24). The molecule has 0 aliphatic rings. The molecule has 1 N–H and O–H groups in total. The summed E-state index contributed by atoms with van der Waals surface area (Å²) in [6.45, 7) is 5.96. The highest BCUT2D eigenvalue weighted by Crippen LogP contribution is 2.29. The lowest BCUT2D eigenvalue weighted by Crippen LogP contribution is -2.13. The number of hydrogen-bond acceptors (Lipinski definition) is 4. The number of nitrogens with one attached hydrogen (secondary N) is 1. The largest absolute Gasteiger partial charge is 0.361 e. The van der Waals surface area contributed by atoms with Gasteiger partial charge in [0, 0.05) is 21.9 Å². The van der Waals surface area contributed by atoms with Gasteiger partial charge in [0.1, 0.15) is 5.76 Å². The summed E-state index contributed by atoms with van der Waals surface area (Å²) in [7, 11) is 0. The van der Waals surface area contributed by atoms with E-state index in [2.05, 4.69) is 17.4 Å². The molecule has 0 saturated carbocycles. The van der Waals surface area contributed by atoms with Crippen LogP contribution < -0.4 is 5.32 Å². The molecule has 1 heterocycles. The summed E-state index contributed by atoms with van der Waals surface area (Å²) in [5.74, 6) is 1.44. The van der Waals surface area contributed by atoms with Gasteiger partial charge in [-0.05, 0) is 50.1 Å². The predicted molar refractivity (Wildman–Crippen MR) is 106 cm³/mol. The van der Waals surface area contributed by atoms with Gasteiger partial charge in [0.25, 0.3) is 5.91 Å². The quantitative estimate of drug-likeness (QED) is 0.594. The summed E-state index contributed by atoms with van der Waals surface area (Å²) < 4.78 is 5.22. The van der Waals surface area contributed by atoms with Gasteiger partial charge in [0.2, 0.25) is 0 Å². The zero-order chi connectivity index (χ0) is 18.5. The molecule has 2 aromatic carbocycles. The number of hydrogen-bond donors (Lipinski definition) is 1. The van der Waals surface area contributed by atoms with E-state index in [0.717, 1.165) is 39.8 Å². The Hall–Kier alpha value is -2.53. The van der Waals surface area contributed by atoms with Crippen molar-refractivity contribution < 1.29 is 9.32 Å². The Balaban J connectivity index is 1.74. The van der Waals surface area contributed by atoms with Gasteiger partial charge < -0.3 is 9.84 Å². The molecule has 0 radical (unpaired) electrons. The monoisotopic (exact) mass is 366 g/mol. The molecule has 134 valence electrons. The number of aromatic nitrogens is 1. The Morgan fingerprint density at radius 2 is 1.85 bits per heavy atom. The molecule has 1 amide bonds. The number of anilines is 1. The van der Waals surface area contributed by atoms with Crippen LogP contribution in [-0.2, 0) is 12.2 Å². The van der Waals surface area contributed by atoms with Crippen LogP contribution in [0.15, 0.2) is 57.9 Å². The first-order valence-electron chi connectivity index (χ1n) is 8.62. The van der Waals surface area contributed by atoms with Crippen LogP contribution in [0, 0.1) is 13.8 Å². The molecule has 0 aliphatic carbocycles. The first-order chi connectivity index (χ1) is 12.6. The fraction of sp³-hybridized carbons (Fsp3) is 0.238. The van der Waals surface area contributed by atoms with Gasteiger partial charge in [-0.2, -0.15) is 0 Å². The van der Waals surface area contributed by atoms with E-state index in [1.807, 2.05) is 62.4 Å². The van der Waals surface area contributed by atoms with Gasteiger partial charge in [-0.3, -0.25) is 4.79 Å². The maximum absolute atomic E-state index is 12.7. The van der Waals surface area contributed by atoms with Crippen LogP contribution in [0.5, 0.6) is 0 Å². The lowest BCUT2D eigenvalue weighted by molar-refractivity contribution is 0.102. The molecular weight excluding hydrogens is 344 g/mol. The lowest BCUT2D eigenvalue weighted by Gasteiger charge is -2.10. The highest BCUT2D eigenvalue weighted by Gasteiger charge is 2.14. The number of amides is 1. The van der Waals surface area contributed by atoms with Crippen molar-refractivity contribution in [2.45, 2.75) is 37.8 Å². The number of carbonyl (C=O) groups is 1. The van der Waals surface area contributed by atoms with Crippen LogP contribution in [0.3, 0.4) is 0 Å². The smallest absolute Gasteiger partial charge is 0.256 e. The molecule has 5 heteroatoms. The van der Waals surface area contributed by atoms with Gasteiger partial charge in [-0.1, -0.05) is 36.3 Å². The molecule has 0 spiro atoms. The summed E-state index contributed by atoms with van der Waals surface area (Å²) in [6, 6.07) is 15.6. The van der Waals surface area contributed by atoms with Crippen LogP contribution in [0.2, 0.25) is 0 Å². The highest BCUT2D eigenvalue weighted by molar-refractivity contribution is 7.98. The molecule has 0 saturated heterocycles. The topological polar surface area (TPSA) is 55.1 Å². The molecule has 1 aromatic heterocycles. The van der Waals surface area contributed by atoms with Gasteiger partial charge in [-0.25, -0.2) is 0 Å². The number of carbonyl (C=O) groups excluding carboxylic acids is 1. The normalized spacial score (nSPS) is 10.7. The SMILES string of the molecule is CCc1ccc(NC(=O)c2ccccc2SCc2c(C)noc2C)cc1. The number of nitrogens with zero attached hydrogens (tertiary/aromatic N) is 1. The first-order valence-corrected chi connectivity index (χ1v) is 9.61. The minimum atomic E-state index is -0.101. The summed E-state index contributed by atoms with van der Waals surface area (Å²) in [5.41, 5.74) is 4.70. The lowest BCUT2D eigenvalue weighted by atomic mass is 10.1. The van der Waals surface area contributed by atoms with E-state index in [-0.39, 0.29) is 5.91 Å². The van der Waals surface area contributed by atoms with Crippen molar-refractivity contribution in [1.29, 1.82) is 0 Å². The van der Waals surface area contributed by atoms with E-state index in [0.29, 0.717) is 5.56 Å². The zero-order valence-corrected chi connectivity index (χ0v) is 16.0. The van der Waals surface area contributed by atoms with Crippen LogP contribution in [0.1, 0.15) is 39.9 Å². The third-order valence-corrected chi connectivity index (χ3v) is 5.40. The molecule has 26 heavy (non-hydrogen) atoms. The summed E-state index contributed by atoms with van der Waals surface area (Å²) in [5, 5.41) is 6.97. The van der Waals surface area contributed by atoms with E-state index < -0.39 is 0 Å². The number of thioether (sulfide) groups is 1. The van der Waals surface area contributed by atoms with Gasteiger partial charge in [0.05, 0.1) is 11.3 Å². The molecular formula is C21H22N2O2S.